The molecule has 2 N–H and O–H groups in total. The van der Waals surface area contributed by atoms with Crippen molar-refractivity contribution in [2.75, 3.05) is 26.6 Å². The standard InChI is InChI=1S/C19H21ClN4O4S/c20-15-3-5-16(6-4-15)29(25,26)23-19-21-12-24(13-22-19)11-14-2-7-17-18(10-14)28-9-1-8-27-17/h2-7,10H,1,8-9,11-13H2,(H2,21,22,23). The number of rotatable bonds is 4. The number of halogens is 1. The molecule has 2 aliphatic rings. The second-order valence-corrected chi connectivity index (χ2v) is 8.82. The summed E-state index contributed by atoms with van der Waals surface area (Å²) in [5, 5.41) is 3.48. The monoisotopic (exact) mass is 436 g/mol. The fourth-order valence-corrected chi connectivity index (χ4v) is 4.13. The zero-order chi connectivity index (χ0) is 20.3. The molecule has 0 unspecified atom stereocenters. The molecule has 0 saturated carbocycles. The summed E-state index contributed by atoms with van der Waals surface area (Å²) in [7, 11) is -3.72. The molecule has 154 valence electrons. The van der Waals surface area contributed by atoms with E-state index >= 15 is 0 Å². The summed E-state index contributed by atoms with van der Waals surface area (Å²) in [6.07, 6.45) is 0.865. The van der Waals surface area contributed by atoms with Gasteiger partial charge in [0, 0.05) is 18.0 Å². The van der Waals surface area contributed by atoms with Crippen molar-refractivity contribution in [2.45, 2.75) is 17.9 Å². The van der Waals surface area contributed by atoms with E-state index in [4.69, 9.17) is 21.1 Å². The van der Waals surface area contributed by atoms with Crippen molar-refractivity contribution < 1.29 is 17.9 Å². The van der Waals surface area contributed by atoms with Gasteiger partial charge in [-0.25, -0.2) is 18.1 Å². The van der Waals surface area contributed by atoms with Crippen molar-refractivity contribution in [1.82, 2.24) is 14.9 Å². The topological polar surface area (TPSA) is 92.3 Å². The molecule has 0 fully saturated rings. The number of nitrogens with zero attached hydrogens (tertiary/aromatic N) is 2. The Labute approximate surface area is 174 Å². The first-order valence-electron chi connectivity index (χ1n) is 9.17. The van der Waals surface area contributed by atoms with Gasteiger partial charge in [0.1, 0.15) is 0 Å². The number of guanidine groups is 1. The normalized spacial score (nSPS) is 17.1. The third kappa shape index (κ3) is 4.92. The molecule has 10 heteroatoms. The van der Waals surface area contributed by atoms with E-state index in [9.17, 15) is 8.42 Å². The fraction of sp³-hybridized carbons (Fsp3) is 0.316. The van der Waals surface area contributed by atoms with Crippen LogP contribution in [0.4, 0.5) is 0 Å². The number of hydrogen-bond donors (Lipinski definition) is 2. The minimum Gasteiger partial charge on any atom is -0.490 e. The molecular formula is C19H21ClN4O4S. The number of fused-ring (bicyclic) bond motifs is 1. The Hall–Kier alpha value is -2.49. The first kappa shape index (κ1) is 19.8. The molecule has 0 saturated heterocycles. The Kier molecular flexibility index (Phi) is 5.79. The Balaban J connectivity index is 1.37. The highest BCUT2D eigenvalue weighted by atomic mass is 35.5. The lowest BCUT2D eigenvalue weighted by Gasteiger charge is -2.27. The second-order valence-electron chi connectivity index (χ2n) is 6.70. The van der Waals surface area contributed by atoms with Crippen molar-refractivity contribution in [3.8, 4) is 11.5 Å². The predicted octanol–water partition coefficient (Wildman–Crippen LogP) is 2.16. The molecule has 0 spiro atoms. The van der Waals surface area contributed by atoms with Gasteiger partial charge in [-0.15, -0.1) is 0 Å². The molecule has 2 heterocycles. The molecular weight excluding hydrogens is 416 g/mol. The zero-order valence-electron chi connectivity index (χ0n) is 15.6. The van der Waals surface area contributed by atoms with E-state index < -0.39 is 10.0 Å². The molecule has 4 rings (SSSR count). The van der Waals surface area contributed by atoms with Crippen LogP contribution >= 0.6 is 11.6 Å². The van der Waals surface area contributed by atoms with Gasteiger partial charge in [-0.1, -0.05) is 17.7 Å². The van der Waals surface area contributed by atoms with Crippen molar-refractivity contribution >= 4 is 27.6 Å². The van der Waals surface area contributed by atoms with Crippen LogP contribution in [0.15, 0.2) is 52.4 Å². The summed E-state index contributed by atoms with van der Waals surface area (Å²) in [5.41, 5.74) is 1.07. The van der Waals surface area contributed by atoms with E-state index in [2.05, 4.69) is 15.0 Å². The molecule has 0 radical (unpaired) electrons. The first-order chi connectivity index (χ1) is 14.0. The molecule has 8 nitrogen and oxygen atoms in total. The number of ether oxygens (including phenoxy) is 2. The summed E-state index contributed by atoms with van der Waals surface area (Å²) < 4.78 is 38.7. The van der Waals surface area contributed by atoms with E-state index in [1.54, 1.807) is 0 Å². The lowest BCUT2D eigenvalue weighted by atomic mass is 10.2. The van der Waals surface area contributed by atoms with Gasteiger partial charge in [0.2, 0.25) is 5.96 Å². The summed E-state index contributed by atoms with van der Waals surface area (Å²) >= 11 is 5.81. The van der Waals surface area contributed by atoms with Crippen LogP contribution in [0.3, 0.4) is 0 Å². The summed E-state index contributed by atoms with van der Waals surface area (Å²) in [6.45, 7) is 2.76. The van der Waals surface area contributed by atoms with Crippen LogP contribution < -0.4 is 19.5 Å². The number of aliphatic imine (C=N–C) groups is 1. The van der Waals surface area contributed by atoms with Crippen LogP contribution in [0.2, 0.25) is 5.02 Å². The molecule has 0 atom stereocenters. The van der Waals surface area contributed by atoms with Gasteiger partial charge >= 0.3 is 0 Å². The van der Waals surface area contributed by atoms with Crippen LogP contribution in [0.25, 0.3) is 0 Å². The first-order valence-corrected chi connectivity index (χ1v) is 11.0. The van der Waals surface area contributed by atoms with Crippen molar-refractivity contribution in [3.63, 3.8) is 0 Å². The highest BCUT2D eigenvalue weighted by Gasteiger charge is 2.20. The average Bonchev–Trinajstić information content (AvgIpc) is 2.95. The molecule has 0 bridgehead atoms. The van der Waals surface area contributed by atoms with E-state index in [0.29, 0.717) is 38.1 Å². The van der Waals surface area contributed by atoms with Gasteiger partial charge < -0.3 is 14.8 Å². The number of benzene rings is 2. The molecule has 2 aromatic rings. The molecule has 2 aromatic carbocycles. The van der Waals surface area contributed by atoms with Gasteiger partial charge in [0.25, 0.3) is 10.0 Å². The summed E-state index contributed by atoms with van der Waals surface area (Å²) in [4.78, 5) is 6.46. The van der Waals surface area contributed by atoms with Crippen LogP contribution in [0.1, 0.15) is 12.0 Å². The Bertz CT molecular complexity index is 1010. The quantitative estimate of drug-likeness (QED) is 0.763. The third-order valence-electron chi connectivity index (χ3n) is 4.47. The Morgan fingerprint density at radius 1 is 1.10 bits per heavy atom. The molecule has 0 amide bonds. The zero-order valence-corrected chi connectivity index (χ0v) is 17.2. The summed E-state index contributed by atoms with van der Waals surface area (Å²) in [6, 6.07) is 11.9. The maximum atomic E-state index is 12.4. The number of sulfonamides is 1. The average molecular weight is 437 g/mol. The van der Waals surface area contributed by atoms with Gasteiger partial charge in [0.15, 0.2) is 11.5 Å². The number of nitrogens with one attached hydrogen (secondary N) is 2. The lowest BCUT2D eigenvalue weighted by molar-refractivity contribution is 0.254. The van der Waals surface area contributed by atoms with Crippen LogP contribution in [-0.4, -0.2) is 45.8 Å². The van der Waals surface area contributed by atoms with E-state index in [-0.39, 0.29) is 10.9 Å². The molecule has 0 aromatic heterocycles. The Morgan fingerprint density at radius 2 is 1.86 bits per heavy atom. The maximum Gasteiger partial charge on any atom is 0.264 e. The van der Waals surface area contributed by atoms with E-state index in [0.717, 1.165) is 23.5 Å². The predicted molar refractivity (Wildman–Crippen MR) is 110 cm³/mol. The molecule has 2 aliphatic heterocycles. The van der Waals surface area contributed by atoms with Crippen molar-refractivity contribution in [2.24, 2.45) is 4.99 Å². The van der Waals surface area contributed by atoms with Crippen LogP contribution in [-0.2, 0) is 16.6 Å². The fourth-order valence-electron chi connectivity index (χ4n) is 3.00. The van der Waals surface area contributed by atoms with Crippen LogP contribution in [0, 0.1) is 0 Å². The van der Waals surface area contributed by atoms with Gasteiger partial charge in [-0.05, 0) is 42.0 Å². The van der Waals surface area contributed by atoms with Crippen LogP contribution in [0.5, 0.6) is 11.5 Å². The smallest absolute Gasteiger partial charge is 0.264 e. The third-order valence-corrected chi connectivity index (χ3v) is 6.08. The Morgan fingerprint density at radius 3 is 2.59 bits per heavy atom. The van der Waals surface area contributed by atoms with Gasteiger partial charge in [-0.3, -0.25) is 4.90 Å². The highest BCUT2D eigenvalue weighted by Crippen LogP contribution is 2.30. The number of hydrogen-bond acceptors (Lipinski definition) is 7. The van der Waals surface area contributed by atoms with E-state index in [1.165, 1.54) is 24.3 Å². The van der Waals surface area contributed by atoms with Gasteiger partial charge in [0.05, 0.1) is 31.4 Å². The maximum absolute atomic E-state index is 12.4. The van der Waals surface area contributed by atoms with Gasteiger partial charge in [-0.2, -0.15) is 0 Å². The second kappa shape index (κ2) is 8.48. The summed E-state index contributed by atoms with van der Waals surface area (Å²) in [5.74, 6) is 1.74. The minimum absolute atomic E-state index is 0.126. The van der Waals surface area contributed by atoms with Crippen molar-refractivity contribution in [1.29, 1.82) is 0 Å². The lowest BCUT2D eigenvalue weighted by Crippen LogP contribution is -2.49. The molecule has 0 aliphatic carbocycles. The minimum atomic E-state index is -3.72. The SMILES string of the molecule is O=S(=O)(NC1=NCN(Cc2ccc3c(c2)OCCCO3)CN1)c1ccc(Cl)cc1. The van der Waals surface area contributed by atoms with Crippen molar-refractivity contribution in [3.05, 3.63) is 53.1 Å². The van der Waals surface area contributed by atoms with E-state index in [1.807, 2.05) is 23.1 Å². The largest absolute Gasteiger partial charge is 0.490 e. The molecule has 29 heavy (non-hydrogen) atoms. The highest BCUT2D eigenvalue weighted by molar-refractivity contribution is 7.90.